The molecule has 0 heterocycles. The fourth-order valence-corrected chi connectivity index (χ4v) is 2.06. The maximum Gasteiger partial charge on any atom is 0.306 e. The first-order valence-corrected chi connectivity index (χ1v) is 4.63. The van der Waals surface area contributed by atoms with E-state index in [0.29, 0.717) is 12.3 Å². The Morgan fingerprint density at radius 3 is 2.75 bits per heavy atom. The first kappa shape index (κ1) is 9.52. The van der Waals surface area contributed by atoms with Gasteiger partial charge in [0.2, 0.25) is 0 Å². The molecule has 0 amide bonds. The number of carboxylic acid groups (broad SMARTS) is 1. The van der Waals surface area contributed by atoms with E-state index in [0.717, 1.165) is 19.3 Å². The van der Waals surface area contributed by atoms with Crippen molar-refractivity contribution < 1.29 is 9.90 Å². The largest absolute Gasteiger partial charge is 0.481 e. The predicted molar refractivity (Wildman–Crippen MR) is 46.7 cm³/mol. The summed E-state index contributed by atoms with van der Waals surface area (Å²) < 4.78 is 0. The molecular formula is C9H17NO2. The summed E-state index contributed by atoms with van der Waals surface area (Å²) in [6, 6.07) is 0.105. The first-order chi connectivity index (χ1) is 5.65. The van der Waals surface area contributed by atoms with Crippen molar-refractivity contribution in [2.45, 2.75) is 38.6 Å². The Bertz CT molecular complexity index is 170. The van der Waals surface area contributed by atoms with Crippen molar-refractivity contribution in [1.29, 1.82) is 0 Å². The molecule has 12 heavy (non-hydrogen) atoms. The zero-order valence-corrected chi connectivity index (χ0v) is 7.49. The Morgan fingerprint density at radius 1 is 1.58 bits per heavy atom. The van der Waals surface area contributed by atoms with Crippen LogP contribution in [0, 0.1) is 11.8 Å². The van der Waals surface area contributed by atoms with Gasteiger partial charge in [-0.15, -0.1) is 0 Å². The molecule has 0 saturated heterocycles. The van der Waals surface area contributed by atoms with Gasteiger partial charge in [0.25, 0.3) is 0 Å². The van der Waals surface area contributed by atoms with Crippen molar-refractivity contribution in [3.63, 3.8) is 0 Å². The lowest BCUT2D eigenvalue weighted by Crippen LogP contribution is -2.37. The first-order valence-electron chi connectivity index (χ1n) is 4.63. The minimum Gasteiger partial charge on any atom is -0.481 e. The summed E-state index contributed by atoms with van der Waals surface area (Å²) in [5, 5.41) is 8.90. The second kappa shape index (κ2) is 3.90. The highest BCUT2D eigenvalue weighted by Crippen LogP contribution is 2.31. The van der Waals surface area contributed by atoms with Crippen molar-refractivity contribution >= 4 is 5.97 Å². The number of carbonyl (C=O) groups is 1. The van der Waals surface area contributed by atoms with Gasteiger partial charge in [0, 0.05) is 6.04 Å². The Kier molecular flexibility index (Phi) is 3.09. The topological polar surface area (TPSA) is 63.3 Å². The highest BCUT2D eigenvalue weighted by molar-refractivity contribution is 5.70. The molecule has 1 saturated carbocycles. The van der Waals surface area contributed by atoms with E-state index >= 15 is 0 Å². The highest BCUT2D eigenvalue weighted by atomic mass is 16.4. The standard InChI is InChI=1S/C9H17NO2/c1-2-6-3-4-7(10)5-8(6)9(11)12/h6-8H,2-5,10H2,1H3,(H,11,12)/t6-,7+,8+/m0/s1. The lowest BCUT2D eigenvalue weighted by molar-refractivity contribution is -0.145. The molecule has 0 spiro atoms. The summed E-state index contributed by atoms with van der Waals surface area (Å²) in [6.07, 6.45) is 3.59. The maximum atomic E-state index is 10.8. The third-order valence-corrected chi connectivity index (χ3v) is 2.88. The van der Waals surface area contributed by atoms with Crippen LogP contribution in [0.25, 0.3) is 0 Å². The number of hydrogen-bond acceptors (Lipinski definition) is 2. The molecule has 0 bridgehead atoms. The molecule has 0 radical (unpaired) electrons. The monoisotopic (exact) mass is 171 g/mol. The lowest BCUT2D eigenvalue weighted by Gasteiger charge is -2.31. The quantitative estimate of drug-likeness (QED) is 0.656. The average molecular weight is 171 g/mol. The smallest absolute Gasteiger partial charge is 0.306 e. The zero-order chi connectivity index (χ0) is 9.14. The Hall–Kier alpha value is -0.570. The predicted octanol–water partition coefficient (Wildman–Crippen LogP) is 1.22. The molecule has 0 aromatic carbocycles. The summed E-state index contributed by atoms with van der Waals surface area (Å²) in [5.74, 6) is -0.516. The third-order valence-electron chi connectivity index (χ3n) is 2.88. The van der Waals surface area contributed by atoms with Crippen molar-refractivity contribution in [3.8, 4) is 0 Å². The molecule has 1 rings (SSSR count). The minimum atomic E-state index is -0.669. The number of nitrogens with two attached hydrogens (primary N) is 1. The van der Waals surface area contributed by atoms with Crippen molar-refractivity contribution in [2.24, 2.45) is 17.6 Å². The fraction of sp³-hybridized carbons (Fsp3) is 0.889. The average Bonchev–Trinajstić information content (AvgIpc) is 2.04. The Balaban J connectivity index is 2.58. The van der Waals surface area contributed by atoms with E-state index in [-0.39, 0.29) is 12.0 Å². The van der Waals surface area contributed by atoms with Gasteiger partial charge in [0.05, 0.1) is 5.92 Å². The van der Waals surface area contributed by atoms with Crippen LogP contribution in [0.4, 0.5) is 0 Å². The SMILES string of the molecule is CC[C@H]1CC[C@@H](N)C[C@H]1C(=O)O. The van der Waals surface area contributed by atoms with Gasteiger partial charge in [0.1, 0.15) is 0 Å². The van der Waals surface area contributed by atoms with Crippen LogP contribution in [0.3, 0.4) is 0 Å². The van der Waals surface area contributed by atoms with Gasteiger partial charge in [-0.2, -0.15) is 0 Å². The van der Waals surface area contributed by atoms with Gasteiger partial charge in [0.15, 0.2) is 0 Å². The molecule has 70 valence electrons. The van der Waals surface area contributed by atoms with Crippen LogP contribution in [0.15, 0.2) is 0 Å². The molecule has 0 aromatic heterocycles. The van der Waals surface area contributed by atoms with Crippen molar-refractivity contribution in [1.82, 2.24) is 0 Å². The summed E-state index contributed by atoms with van der Waals surface area (Å²) in [7, 11) is 0. The van der Waals surface area contributed by atoms with Crippen LogP contribution in [-0.2, 0) is 4.79 Å². The van der Waals surface area contributed by atoms with E-state index in [1.165, 1.54) is 0 Å². The molecule has 3 atom stereocenters. The van der Waals surface area contributed by atoms with E-state index in [9.17, 15) is 4.79 Å². The Labute approximate surface area is 72.9 Å². The van der Waals surface area contributed by atoms with Crippen LogP contribution in [0.2, 0.25) is 0 Å². The van der Waals surface area contributed by atoms with Gasteiger partial charge in [-0.25, -0.2) is 0 Å². The third kappa shape index (κ3) is 1.97. The molecule has 1 aliphatic carbocycles. The summed E-state index contributed by atoms with van der Waals surface area (Å²) in [5.41, 5.74) is 5.72. The lowest BCUT2D eigenvalue weighted by atomic mass is 9.76. The fourth-order valence-electron chi connectivity index (χ4n) is 2.06. The second-order valence-electron chi connectivity index (χ2n) is 3.69. The van der Waals surface area contributed by atoms with Gasteiger partial charge in [-0.1, -0.05) is 13.3 Å². The van der Waals surface area contributed by atoms with Gasteiger partial charge >= 0.3 is 5.97 Å². The van der Waals surface area contributed by atoms with Crippen LogP contribution >= 0.6 is 0 Å². The minimum absolute atomic E-state index is 0.105. The summed E-state index contributed by atoms with van der Waals surface area (Å²) in [4.78, 5) is 10.8. The Morgan fingerprint density at radius 2 is 2.25 bits per heavy atom. The molecule has 0 aliphatic heterocycles. The summed E-state index contributed by atoms with van der Waals surface area (Å²) in [6.45, 7) is 2.05. The van der Waals surface area contributed by atoms with E-state index in [1.807, 2.05) is 0 Å². The molecule has 1 aliphatic rings. The van der Waals surface area contributed by atoms with Crippen LogP contribution in [-0.4, -0.2) is 17.1 Å². The van der Waals surface area contributed by atoms with E-state index < -0.39 is 5.97 Å². The molecular weight excluding hydrogens is 154 g/mol. The van der Waals surface area contributed by atoms with E-state index in [2.05, 4.69) is 6.92 Å². The highest BCUT2D eigenvalue weighted by Gasteiger charge is 2.32. The normalized spacial score (nSPS) is 36.3. The maximum absolute atomic E-state index is 10.8. The number of rotatable bonds is 2. The van der Waals surface area contributed by atoms with Gasteiger partial charge in [-0.3, -0.25) is 4.79 Å². The molecule has 0 unspecified atom stereocenters. The summed E-state index contributed by atoms with van der Waals surface area (Å²) >= 11 is 0. The number of aliphatic carboxylic acids is 1. The molecule has 3 N–H and O–H groups in total. The zero-order valence-electron chi connectivity index (χ0n) is 7.49. The van der Waals surface area contributed by atoms with Crippen LogP contribution in [0.1, 0.15) is 32.6 Å². The molecule has 0 aromatic rings. The molecule has 1 fully saturated rings. The van der Waals surface area contributed by atoms with E-state index in [4.69, 9.17) is 10.8 Å². The van der Waals surface area contributed by atoms with E-state index in [1.54, 1.807) is 0 Å². The van der Waals surface area contributed by atoms with Gasteiger partial charge < -0.3 is 10.8 Å². The number of hydrogen-bond donors (Lipinski definition) is 2. The number of carboxylic acids is 1. The molecule has 3 nitrogen and oxygen atoms in total. The van der Waals surface area contributed by atoms with Crippen LogP contribution < -0.4 is 5.73 Å². The van der Waals surface area contributed by atoms with Crippen molar-refractivity contribution in [3.05, 3.63) is 0 Å². The second-order valence-corrected chi connectivity index (χ2v) is 3.69. The van der Waals surface area contributed by atoms with Gasteiger partial charge in [-0.05, 0) is 25.2 Å². The molecule has 3 heteroatoms. The van der Waals surface area contributed by atoms with Crippen molar-refractivity contribution in [2.75, 3.05) is 0 Å². The van der Waals surface area contributed by atoms with Crippen LogP contribution in [0.5, 0.6) is 0 Å².